The molecule has 1 aromatic heterocycles. The monoisotopic (exact) mass is 205 g/mol. The Bertz CT molecular complexity index is 482. The lowest BCUT2D eigenvalue weighted by Gasteiger charge is -2.04. The standard InChI is InChI=1S/C11H12FN3/c1-7(13)5-10-14-6-8-3-2-4-9(12)11(8)15-10/h2-4,6-7H,5,13H2,1H3. The maximum Gasteiger partial charge on any atom is 0.149 e. The summed E-state index contributed by atoms with van der Waals surface area (Å²) in [5, 5.41) is 0.712. The summed E-state index contributed by atoms with van der Waals surface area (Å²) >= 11 is 0. The number of benzene rings is 1. The van der Waals surface area contributed by atoms with Gasteiger partial charge in [0.25, 0.3) is 0 Å². The molecule has 0 amide bonds. The van der Waals surface area contributed by atoms with Gasteiger partial charge in [0.1, 0.15) is 17.2 Å². The average molecular weight is 205 g/mol. The van der Waals surface area contributed by atoms with Crippen molar-refractivity contribution in [3.05, 3.63) is 36.0 Å². The molecular weight excluding hydrogens is 193 g/mol. The second-order valence-electron chi connectivity index (χ2n) is 3.65. The van der Waals surface area contributed by atoms with E-state index in [-0.39, 0.29) is 11.9 Å². The number of halogens is 1. The first-order valence-corrected chi connectivity index (χ1v) is 4.82. The van der Waals surface area contributed by atoms with Gasteiger partial charge in [-0.1, -0.05) is 12.1 Å². The molecule has 1 aromatic carbocycles. The van der Waals surface area contributed by atoms with Crippen molar-refractivity contribution in [2.45, 2.75) is 19.4 Å². The van der Waals surface area contributed by atoms with Crippen LogP contribution in [0.15, 0.2) is 24.4 Å². The normalized spacial score (nSPS) is 13.0. The van der Waals surface area contributed by atoms with E-state index in [0.717, 1.165) is 0 Å². The Morgan fingerprint density at radius 2 is 2.27 bits per heavy atom. The van der Waals surface area contributed by atoms with Crippen LogP contribution in [0.2, 0.25) is 0 Å². The molecule has 3 nitrogen and oxygen atoms in total. The summed E-state index contributed by atoms with van der Waals surface area (Å²) in [6, 6.07) is 4.81. The summed E-state index contributed by atoms with van der Waals surface area (Å²) in [4.78, 5) is 8.28. The number of nitrogens with two attached hydrogens (primary N) is 1. The van der Waals surface area contributed by atoms with Gasteiger partial charge in [-0.25, -0.2) is 14.4 Å². The van der Waals surface area contributed by atoms with Crippen LogP contribution in [0.25, 0.3) is 10.9 Å². The molecule has 0 saturated heterocycles. The van der Waals surface area contributed by atoms with E-state index in [9.17, 15) is 4.39 Å². The zero-order valence-corrected chi connectivity index (χ0v) is 8.44. The molecule has 1 atom stereocenters. The van der Waals surface area contributed by atoms with Crippen molar-refractivity contribution in [1.29, 1.82) is 0 Å². The third kappa shape index (κ3) is 2.10. The van der Waals surface area contributed by atoms with Gasteiger partial charge in [0.15, 0.2) is 0 Å². The average Bonchev–Trinajstić information content (AvgIpc) is 2.18. The second kappa shape index (κ2) is 3.90. The molecule has 0 fully saturated rings. The Hall–Kier alpha value is -1.55. The van der Waals surface area contributed by atoms with E-state index in [4.69, 9.17) is 5.73 Å². The van der Waals surface area contributed by atoms with E-state index in [0.29, 0.717) is 23.1 Å². The Balaban J connectivity index is 2.50. The van der Waals surface area contributed by atoms with Gasteiger partial charge >= 0.3 is 0 Å². The number of para-hydroxylation sites is 1. The van der Waals surface area contributed by atoms with Gasteiger partial charge in [0.2, 0.25) is 0 Å². The molecule has 78 valence electrons. The molecule has 0 bridgehead atoms. The molecule has 0 aliphatic rings. The number of nitrogens with zero attached hydrogens (tertiary/aromatic N) is 2. The topological polar surface area (TPSA) is 51.8 Å². The first kappa shape index (κ1) is 9.98. The fourth-order valence-electron chi connectivity index (χ4n) is 1.44. The highest BCUT2D eigenvalue weighted by Crippen LogP contribution is 2.14. The van der Waals surface area contributed by atoms with E-state index in [1.54, 1.807) is 18.3 Å². The molecule has 2 aromatic rings. The summed E-state index contributed by atoms with van der Waals surface area (Å²) in [5.74, 6) is 0.267. The van der Waals surface area contributed by atoms with Crippen molar-refractivity contribution in [3.8, 4) is 0 Å². The molecule has 15 heavy (non-hydrogen) atoms. The highest BCUT2D eigenvalue weighted by molar-refractivity contribution is 5.77. The van der Waals surface area contributed by atoms with Crippen LogP contribution in [0.4, 0.5) is 4.39 Å². The van der Waals surface area contributed by atoms with Crippen LogP contribution in [-0.4, -0.2) is 16.0 Å². The number of aromatic nitrogens is 2. The van der Waals surface area contributed by atoms with E-state index in [1.165, 1.54) is 6.07 Å². The largest absolute Gasteiger partial charge is 0.328 e. The Labute approximate surface area is 87.2 Å². The van der Waals surface area contributed by atoms with Gasteiger partial charge in [-0.05, 0) is 13.0 Å². The minimum atomic E-state index is -0.319. The van der Waals surface area contributed by atoms with Crippen LogP contribution in [0.3, 0.4) is 0 Å². The molecule has 0 saturated carbocycles. The van der Waals surface area contributed by atoms with Crippen molar-refractivity contribution in [2.75, 3.05) is 0 Å². The fraction of sp³-hybridized carbons (Fsp3) is 0.273. The Morgan fingerprint density at radius 3 is 3.00 bits per heavy atom. The van der Waals surface area contributed by atoms with Gasteiger partial charge in [-0.3, -0.25) is 0 Å². The summed E-state index contributed by atoms with van der Waals surface area (Å²) in [7, 11) is 0. The zero-order chi connectivity index (χ0) is 10.8. The number of fused-ring (bicyclic) bond motifs is 1. The van der Waals surface area contributed by atoms with Crippen LogP contribution in [-0.2, 0) is 6.42 Å². The van der Waals surface area contributed by atoms with Crippen molar-refractivity contribution < 1.29 is 4.39 Å². The summed E-state index contributed by atoms with van der Waals surface area (Å²) in [6.45, 7) is 1.87. The first-order valence-electron chi connectivity index (χ1n) is 4.82. The SMILES string of the molecule is CC(N)Cc1ncc2cccc(F)c2n1. The van der Waals surface area contributed by atoms with Crippen molar-refractivity contribution in [1.82, 2.24) is 9.97 Å². The minimum absolute atomic E-state index is 0.0192. The van der Waals surface area contributed by atoms with Gasteiger partial charge < -0.3 is 5.73 Å². The second-order valence-corrected chi connectivity index (χ2v) is 3.65. The first-order chi connectivity index (χ1) is 7.16. The highest BCUT2D eigenvalue weighted by Gasteiger charge is 2.05. The number of hydrogen-bond acceptors (Lipinski definition) is 3. The predicted molar refractivity (Wildman–Crippen MR) is 56.8 cm³/mol. The summed E-state index contributed by atoms with van der Waals surface area (Å²) in [6.07, 6.45) is 2.19. The van der Waals surface area contributed by atoms with E-state index < -0.39 is 0 Å². The van der Waals surface area contributed by atoms with Crippen LogP contribution >= 0.6 is 0 Å². The summed E-state index contributed by atoms with van der Waals surface area (Å²) in [5.41, 5.74) is 6.00. The van der Waals surface area contributed by atoms with Gasteiger partial charge in [-0.15, -0.1) is 0 Å². The summed E-state index contributed by atoms with van der Waals surface area (Å²) < 4.78 is 13.4. The third-order valence-corrected chi connectivity index (χ3v) is 2.12. The van der Waals surface area contributed by atoms with E-state index in [2.05, 4.69) is 9.97 Å². The van der Waals surface area contributed by atoms with Crippen LogP contribution < -0.4 is 5.73 Å². The molecular formula is C11H12FN3. The van der Waals surface area contributed by atoms with Crippen molar-refractivity contribution in [2.24, 2.45) is 5.73 Å². The smallest absolute Gasteiger partial charge is 0.149 e. The van der Waals surface area contributed by atoms with E-state index >= 15 is 0 Å². The third-order valence-electron chi connectivity index (χ3n) is 2.12. The molecule has 1 unspecified atom stereocenters. The maximum atomic E-state index is 13.4. The molecule has 4 heteroatoms. The molecule has 0 aliphatic heterocycles. The van der Waals surface area contributed by atoms with Gasteiger partial charge in [0, 0.05) is 24.0 Å². The quantitative estimate of drug-likeness (QED) is 0.811. The lowest BCUT2D eigenvalue weighted by Crippen LogP contribution is -2.19. The van der Waals surface area contributed by atoms with Crippen LogP contribution in [0.5, 0.6) is 0 Å². The molecule has 0 aliphatic carbocycles. The molecule has 0 radical (unpaired) electrons. The van der Waals surface area contributed by atoms with Crippen molar-refractivity contribution in [3.63, 3.8) is 0 Å². The number of rotatable bonds is 2. The lowest BCUT2D eigenvalue weighted by atomic mass is 10.2. The predicted octanol–water partition coefficient (Wildman–Crippen LogP) is 1.66. The van der Waals surface area contributed by atoms with Crippen LogP contribution in [0.1, 0.15) is 12.7 Å². The number of hydrogen-bond donors (Lipinski definition) is 1. The maximum absolute atomic E-state index is 13.4. The minimum Gasteiger partial charge on any atom is -0.328 e. The zero-order valence-electron chi connectivity index (χ0n) is 8.44. The van der Waals surface area contributed by atoms with E-state index in [1.807, 2.05) is 6.92 Å². The van der Waals surface area contributed by atoms with Crippen LogP contribution in [0, 0.1) is 5.82 Å². The van der Waals surface area contributed by atoms with Gasteiger partial charge in [-0.2, -0.15) is 0 Å². The molecule has 1 heterocycles. The lowest BCUT2D eigenvalue weighted by molar-refractivity contribution is 0.633. The fourth-order valence-corrected chi connectivity index (χ4v) is 1.44. The Kier molecular flexibility index (Phi) is 2.60. The molecule has 2 rings (SSSR count). The van der Waals surface area contributed by atoms with Crippen molar-refractivity contribution >= 4 is 10.9 Å². The van der Waals surface area contributed by atoms with Gasteiger partial charge in [0.05, 0.1) is 0 Å². The highest BCUT2D eigenvalue weighted by atomic mass is 19.1. The Morgan fingerprint density at radius 1 is 1.47 bits per heavy atom. The molecule has 0 spiro atoms. The molecule has 2 N–H and O–H groups in total.